The van der Waals surface area contributed by atoms with Gasteiger partial charge in [-0.25, -0.2) is 0 Å². The Kier molecular flexibility index (Phi) is 1.51. The van der Waals surface area contributed by atoms with Gasteiger partial charge in [0, 0.05) is 12.8 Å². The highest BCUT2D eigenvalue weighted by molar-refractivity contribution is 5.78. The van der Waals surface area contributed by atoms with Crippen molar-refractivity contribution in [3.05, 3.63) is 0 Å². The van der Waals surface area contributed by atoms with Crippen LogP contribution in [0.1, 0.15) is 38.5 Å². The number of carbonyl (C=O) groups excluding carboxylic acids is 1. The summed E-state index contributed by atoms with van der Waals surface area (Å²) < 4.78 is 0. The summed E-state index contributed by atoms with van der Waals surface area (Å²) >= 11 is 0. The Morgan fingerprint density at radius 3 is 2.80 bits per heavy atom. The van der Waals surface area contributed by atoms with Crippen molar-refractivity contribution in [2.24, 2.45) is 11.8 Å². The van der Waals surface area contributed by atoms with Crippen molar-refractivity contribution >= 4 is 5.78 Å². The summed E-state index contributed by atoms with van der Waals surface area (Å²) in [5.74, 6) is 2.21. The minimum atomic E-state index is 0.521. The fourth-order valence-corrected chi connectivity index (χ4v) is 2.42. The molecular weight excluding hydrogens is 124 g/mol. The Hall–Kier alpha value is -0.330. The van der Waals surface area contributed by atoms with Gasteiger partial charge in [-0.1, -0.05) is 6.42 Å². The minimum Gasteiger partial charge on any atom is -0.300 e. The first-order valence-electron chi connectivity index (χ1n) is 4.36. The van der Waals surface area contributed by atoms with Gasteiger partial charge in [0.2, 0.25) is 0 Å². The van der Waals surface area contributed by atoms with Crippen LogP contribution in [-0.2, 0) is 4.79 Å². The lowest BCUT2D eigenvalue weighted by Gasteiger charge is -2.04. The van der Waals surface area contributed by atoms with Crippen molar-refractivity contribution < 1.29 is 4.79 Å². The van der Waals surface area contributed by atoms with E-state index in [1.165, 1.54) is 25.7 Å². The van der Waals surface area contributed by atoms with Crippen LogP contribution in [0.15, 0.2) is 0 Å². The minimum absolute atomic E-state index is 0.521. The van der Waals surface area contributed by atoms with Gasteiger partial charge in [-0.05, 0) is 31.1 Å². The van der Waals surface area contributed by atoms with E-state index in [2.05, 4.69) is 0 Å². The molecule has 2 fully saturated rings. The molecule has 2 atom stereocenters. The lowest BCUT2D eigenvalue weighted by molar-refractivity contribution is -0.119. The number of fused-ring (bicyclic) bond motifs is 2. The van der Waals surface area contributed by atoms with E-state index in [1.807, 2.05) is 0 Å². The molecule has 10 heavy (non-hydrogen) atoms. The van der Waals surface area contributed by atoms with E-state index in [0.717, 1.165) is 24.7 Å². The first-order valence-corrected chi connectivity index (χ1v) is 4.36. The third kappa shape index (κ3) is 1.09. The van der Waals surface area contributed by atoms with Gasteiger partial charge >= 0.3 is 0 Å². The van der Waals surface area contributed by atoms with E-state index in [1.54, 1.807) is 0 Å². The van der Waals surface area contributed by atoms with E-state index in [-0.39, 0.29) is 0 Å². The number of ketones is 1. The lowest BCUT2D eigenvalue weighted by atomic mass is 10.0. The molecule has 0 aliphatic heterocycles. The van der Waals surface area contributed by atoms with E-state index >= 15 is 0 Å². The first kappa shape index (κ1) is 6.38. The molecule has 1 heteroatoms. The van der Waals surface area contributed by atoms with Gasteiger partial charge in [0.25, 0.3) is 0 Å². The molecule has 0 aromatic rings. The third-order valence-electron chi connectivity index (χ3n) is 3.00. The van der Waals surface area contributed by atoms with Gasteiger partial charge in [0.1, 0.15) is 5.78 Å². The van der Waals surface area contributed by atoms with Crippen LogP contribution < -0.4 is 0 Å². The lowest BCUT2D eigenvalue weighted by Crippen LogP contribution is -2.03. The van der Waals surface area contributed by atoms with Gasteiger partial charge in [-0.15, -0.1) is 0 Å². The summed E-state index contributed by atoms with van der Waals surface area (Å²) in [6.45, 7) is 0. The molecule has 0 aromatic heterocycles. The predicted molar refractivity (Wildman–Crippen MR) is 39.7 cm³/mol. The average Bonchev–Trinajstić information content (AvgIpc) is 2.22. The summed E-state index contributed by atoms with van der Waals surface area (Å²) in [6.07, 6.45) is 7.05. The molecule has 0 aromatic carbocycles. The molecule has 2 bridgehead atoms. The molecule has 2 aliphatic carbocycles. The Morgan fingerprint density at radius 2 is 1.90 bits per heavy atom. The van der Waals surface area contributed by atoms with Crippen LogP contribution in [0, 0.1) is 11.8 Å². The summed E-state index contributed by atoms with van der Waals surface area (Å²) in [7, 11) is 0. The van der Waals surface area contributed by atoms with Gasteiger partial charge in [0.05, 0.1) is 0 Å². The van der Waals surface area contributed by atoms with Gasteiger partial charge in [-0.3, -0.25) is 4.79 Å². The summed E-state index contributed by atoms with van der Waals surface area (Å²) in [5.41, 5.74) is 0. The van der Waals surface area contributed by atoms with Crippen molar-refractivity contribution in [3.8, 4) is 0 Å². The molecule has 2 saturated carbocycles. The van der Waals surface area contributed by atoms with Crippen molar-refractivity contribution in [2.75, 3.05) is 0 Å². The Labute approximate surface area is 61.8 Å². The summed E-state index contributed by atoms with van der Waals surface area (Å²) in [6, 6.07) is 0. The summed E-state index contributed by atoms with van der Waals surface area (Å²) in [4.78, 5) is 11.1. The SMILES string of the molecule is O=C1CCC2CCC(C1)C2. The quantitative estimate of drug-likeness (QED) is 0.501. The van der Waals surface area contributed by atoms with Crippen molar-refractivity contribution in [2.45, 2.75) is 38.5 Å². The second-order valence-corrected chi connectivity index (χ2v) is 3.83. The maximum atomic E-state index is 11.1. The number of hydrogen-bond donors (Lipinski definition) is 0. The van der Waals surface area contributed by atoms with Crippen LogP contribution in [-0.4, -0.2) is 5.78 Å². The fraction of sp³-hybridized carbons (Fsp3) is 0.889. The number of hydrogen-bond acceptors (Lipinski definition) is 1. The largest absolute Gasteiger partial charge is 0.300 e. The fourth-order valence-electron chi connectivity index (χ4n) is 2.42. The van der Waals surface area contributed by atoms with Crippen molar-refractivity contribution in [1.82, 2.24) is 0 Å². The predicted octanol–water partition coefficient (Wildman–Crippen LogP) is 2.16. The molecule has 2 aliphatic rings. The second-order valence-electron chi connectivity index (χ2n) is 3.83. The zero-order valence-electron chi connectivity index (χ0n) is 6.31. The van der Waals surface area contributed by atoms with Crippen molar-refractivity contribution in [1.29, 1.82) is 0 Å². The van der Waals surface area contributed by atoms with Crippen molar-refractivity contribution in [3.63, 3.8) is 0 Å². The number of carbonyl (C=O) groups is 1. The molecule has 0 spiro atoms. The van der Waals surface area contributed by atoms with Crippen LogP contribution in [0.3, 0.4) is 0 Å². The van der Waals surface area contributed by atoms with Gasteiger partial charge in [-0.2, -0.15) is 0 Å². The highest BCUT2D eigenvalue weighted by Crippen LogP contribution is 2.38. The molecule has 56 valence electrons. The molecule has 0 amide bonds. The maximum absolute atomic E-state index is 11.1. The highest BCUT2D eigenvalue weighted by Gasteiger charge is 2.29. The number of rotatable bonds is 0. The van der Waals surface area contributed by atoms with Gasteiger partial charge in [0.15, 0.2) is 0 Å². The molecule has 0 saturated heterocycles. The van der Waals surface area contributed by atoms with E-state index in [4.69, 9.17) is 0 Å². The maximum Gasteiger partial charge on any atom is 0.133 e. The molecule has 0 radical (unpaired) electrons. The van der Waals surface area contributed by atoms with E-state index in [0.29, 0.717) is 5.78 Å². The van der Waals surface area contributed by atoms with Crippen LogP contribution in [0.5, 0.6) is 0 Å². The normalized spacial score (nSPS) is 39.8. The highest BCUT2D eigenvalue weighted by atomic mass is 16.1. The molecule has 1 nitrogen and oxygen atoms in total. The smallest absolute Gasteiger partial charge is 0.133 e. The molecule has 2 rings (SSSR count). The van der Waals surface area contributed by atoms with Crippen LogP contribution in [0.25, 0.3) is 0 Å². The zero-order valence-corrected chi connectivity index (χ0v) is 6.31. The monoisotopic (exact) mass is 138 g/mol. The topological polar surface area (TPSA) is 17.1 Å². The number of Topliss-reactive ketones (excluding diaryl/α,β-unsaturated/α-hetero) is 1. The third-order valence-corrected chi connectivity index (χ3v) is 3.00. The molecular formula is C9H14O. The van der Waals surface area contributed by atoms with Crippen LogP contribution in [0.2, 0.25) is 0 Å². The standard InChI is InChI=1S/C9H14O/c10-9-4-3-7-1-2-8(5-7)6-9/h7-8H,1-6H2. The van der Waals surface area contributed by atoms with Crippen LogP contribution >= 0.6 is 0 Å². The average molecular weight is 138 g/mol. The van der Waals surface area contributed by atoms with Gasteiger partial charge < -0.3 is 0 Å². The molecule has 2 unspecified atom stereocenters. The van der Waals surface area contributed by atoms with E-state index in [9.17, 15) is 4.79 Å². The zero-order chi connectivity index (χ0) is 6.97. The first-order chi connectivity index (χ1) is 4.84. The second kappa shape index (κ2) is 2.37. The van der Waals surface area contributed by atoms with E-state index < -0.39 is 0 Å². The Morgan fingerprint density at radius 1 is 1.10 bits per heavy atom. The van der Waals surface area contributed by atoms with Crippen LogP contribution in [0.4, 0.5) is 0 Å². The molecule has 0 heterocycles. The Balaban J connectivity index is 2.05. The Bertz CT molecular complexity index is 151. The summed E-state index contributed by atoms with van der Waals surface area (Å²) in [5, 5.41) is 0. The molecule has 0 N–H and O–H groups in total.